The van der Waals surface area contributed by atoms with Crippen LogP contribution in [-0.2, 0) is 23.0 Å². The molecule has 1 N–H and O–H groups in total. The van der Waals surface area contributed by atoms with Crippen LogP contribution in [0.15, 0.2) is 53.2 Å². The fraction of sp³-hybridized carbons (Fsp3) is 0.382. The molecule has 1 fully saturated rings. The second-order valence-corrected chi connectivity index (χ2v) is 12.3. The minimum absolute atomic E-state index is 0.0378. The number of methoxy groups -OCH3 is 1. The highest BCUT2D eigenvalue weighted by molar-refractivity contribution is 6.28. The van der Waals surface area contributed by atoms with Gasteiger partial charge in [-0.3, -0.25) is 19.3 Å². The number of anilines is 1. The fourth-order valence-corrected chi connectivity index (χ4v) is 7.10. The lowest BCUT2D eigenvalue weighted by Gasteiger charge is -2.42. The highest BCUT2D eigenvalue weighted by atomic mass is 35.5. The molecule has 1 aromatic carbocycles. The number of alkyl halides is 1. The summed E-state index contributed by atoms with van der Waals surface area (Å²) >= 11 is 6.99. The van der Waals surface area contributed by atoms with Crippen LogP contribution in [0.5, 0.6) is 5.88 Å². The zero-order valence-electron chi connectivity index (χ0n) is 26.4. The Morgan fingerprint density at radius 2 is 1.96 bits per heavy atom. The van der Waals surface area contributed by atoms with Crippen LogP contribution in [0.2, 0.25) is 0 Å². The SMILES string of the molecule is CCOC(=O)C1CN([C@H]2CCc3cc(C4C=CC(F)=C(c5c(F)ccc(NC(=O)c6ccnn(C)c6=O)c5C)C4Cl)nc(OC)c32)C1. The van der Waals surface area contributed by atoms with Crippen molar-refractivity contribution in [1.29, 1.82) is 0 Å². The van der Waals surface area contributed by atoms with Crippen LogP contribution in [0.1, 0.15) is 63.6 Å². The minimum Gasteiger partial charge on any atom is -0.481 e. The van der Waals surface area contributed by atoms with Crippen LogP contribution in [0.3, 0.4) is 0 Å². The summed E-state index contributed by atoms with van der Waals surface area (Å²) in [5.41, 5.74) is 2.06. The Kier molecular flexibility index (Phi) is 8.99. The van der Waals surface area contributed by atoms with Gasteiger partial charge in [-0.25, -0.2) is 18.4 Å². The van der Waals surface area contributed by atoms with E-state index in [9.17, 15) is 14.4 Å². The largest absolute Gasteiger partial charge is 0.481 e. The first-order chi connectivity index (χ1) is 22.5. The highest BCUT2D eigenvalue weighted by Crippen LogP contribution is 2.47. The van der Waals surface area contributed by atoms with Gasteiger partial charge in [-0.15, -0.1) is 11.6 Å². The number of amides is 1. The van der Waals surface area contributed by atoms with Crippen molar-refractivity contribution in [3.8, 4) is 5.88 Å². The average molecular weight is 666 g/mol. The van der Waals surface area contributed by atoms with Gasteiger partial charge in [0.1, 0.15) is 17.2 Å². The number of allylic oxidation sites excluding steroid dienone is 4. The Balaban J connectivity index is 1.28. The molecule has 2 unspecified atom stereocenters. The van der Waals surface area contributed by atoms with Crippen molar-refractivity contribution in [2.24, 2.45) is 13.0 Å². The van der Waals surface area contributed by atoms with Crippen LogP contribution in [0.4, 0.5) is 14.5 Å². The molecule has 3 heterocycles. The summed E-state index contributed by atoms with van der Waals surface area (Å²) in [6.45, 7) is 4.89. The zero-order chi connectivity index (χ0) is 33.6. The van der Waals surface area contributed by atoms with Gasteiger partial charge in [0.25, 0.3) is 11.5 Å². The van der Waals surface area contributed by atoms with E-state index in [2.05, 4.69) is 15.3 Å². The van der Waals surface area contributed by atoms with E-state index in [-0.39, 0.29) is 45.9 Å². The van der Waals surface area contributed by atoms with Gasteiger partial charge in [-0.1, -0.05) is 6.08 Å². The van der Waals surface area contributed by atoms with Crippen molar-refractivity contribution in [3.63, 3.8) is 0 Å². The summed E-state index contributed by atoms with van der Waals surface area (Å²) in [4.78, 5) is 44.6. The summed E-state index contributed by atoms with van der Waals surface area (Å²) in [5, 5.41) is 5.41. The van der Waals surface area contributed by atoms with Crippen LogP contribution in [0, 0.1) is 18.7 Å². The molecule has 0 bridgehead atoms. The summed E-state index contributed by atoms with van der Waals surface area (Å²) in [5.74, 6) is -2.68. The summed E-state index contributed by atoms with van der Waals surface area (Å²) in [7, 11) is 2.96. The second kappa shape index (κ2) is 13.0. The number of hydrogen-bond donors (Lipinski definition) is 1. The molecular weight excluding hydrogens is 632 g/mol. The number of halogens is 3. The van der Waals surface area contributed by atoms with Gasteiger partial charge in [-0.05, 0) is 68.2 Å². The third kappa shape index (κ3) is 5.84. The van der Waals surface area contributed by atoms with Crippen molar-refractivity contribution in [3.05, 3.63) is 98.1 Å². The second-order valence-electron chi connectivity index (χ2n) is 11.9. The van der Waals surface area contributed by atoms with E-state index in [0.717, 1.165) is 34.7 Å². The third-order valence-corrected chi connectivity index (χ3v) is 9.62. The number of nitrogens with zero attached hydrogens (tertiary/aromatic N) is 4. The number of likely N-dealkylation sites (tertiary alicyclic amines) is 1. The Bertz CT molecular complexity index is 1890. The quantitative estimate of drug-likeness (QED) is 0.264. The molecule has 6 rings (SSSR count). The Morgan fingerprint density at radius 1 is 1.19 bits per heavy atom. The van der Waals surface area contributed by atoms with Gasteiger partial charge in [-0.2, -0.15) is 5.10 Å². The first-order valence-corrected chi connectivity index (χ1v) is 15.8. The van der Waals surface area contributed by atoms with E-state index in [1.54, 1.807) is 27.0 Å². The van der Waals surface area contributed by atoms with Gasteiger partial charge in [0.2, 0.25) is 5.88 Å². The molecule has 47 heavy (non-hydrogen) atoms. The predicted octanol–water partition coefficient (Wildman–Crippen LogP) is 5.01. The predicted molar refractivity (Wildman–Crippen MR) is 172 cm³/mol. The molecule has 3 aliphatic rings. The monoisotopic (exact) mass is 665 g/mol. The number of carbonyl (C=O) groups excluding carboxylic acids is 2. The smallest absolute Gasteiger partial charge is 0.311 e. The maximum absolute atomic E-state index is 15.6. The van der Waals surface area contributed by atoms with Crippen LogP contribution >= 0.6 is 11.6 Å². The molecule has 1 aliphatic heterocycles. The lowest BCUT2D eigenvalue weighted by atomic mass is 9.84. The van der Waals surface area contributed by atoms with Crippen molar-refractivity contribution in [2.45, 2.75) is 44.0 Å². The maximum atomic E-state index is 15.6. The van der Waals surface area contributed by atoms with E-state index in [1.165, 1.54) is 31.5 Å². The first-order valence-electron chi connectivity index (χ1n) is 15.4. The minimum atomic E-state index is -1.06. The maximum Gasteiger partial charge on any atom is 0.311 e. The van der Waals surface area contributed by atoms with E-state index in [4.69, 9.17) is 26.1 Å². The van der Waals surface area contributed by atoms with E-state index in [0.29, 0.717) is 31.3 Å². The van der Waals surface area contributed by atoms with Crippen molar-refractivity contribution in [2.75, 3.05) is 32.1 Å². The molecule has 1 saturated heterocycles. The first kappa shape index (κ1) is 32.5. The molecule has 3 aromatic rings. The van der Waals surface area contributed by atoms with Gasteiger partial charge in [0.15, 0.2) is 0 Å². The van der Waals surface area contributed by atoms with Crippen molar-refractivity contribution >= 4 is 34.7 Å². The number of esters is 1. The number of pyridine rings is 1. The summed E-state index contributed by atoms with van der Waals surface area (Å²) in [6.07, 6.45) is 5.76. The number of carbonyl (C=O) groups is 2. The topological polar surface area (TPSA) is 116 Å². The van der Waals surface area contributed by atoms with E-state index < -0.39 is 34.4 Å². The van der Waals surface area contributed by atoms with Gasteiger partial charge >= 0.3 is 5.97 Å². The Labute approximate surface area is 275 Å². The van der Waals surface area contributed by atoms with Gasteiger partial charge in [0.05, 0.1) is 30.7 Å². The van der Waals surface area contributed by atoms with Gasteiger partial charge in [0, 0.05) is 60.7 Å². The van der Waals surface area contributed by atoms with Crippen LogP contribution in [0.25, 0.3) is 5.57 Å². The Hall–Kier alpha value is -4.42. The number of benzene rings is 1. The normalized spacial score (nSPS) is 21.0. The number of aryl methyl sites for hydroxylation is 2. The van der Waals surface area contributed by atoms with Crippen LogP contribution in [-0.4, -0.2) is 63.7 Å². The highest BCUT2D eigenvalue weighted by Gasteiger charge is 2.43. The lowest BCUT2D eigenvalue weighted by molar-refractivity contribution is -0.155. The molecular formula is C34H34ClF2N5O5. The van der Waals surface area contributed by atoms with E-state index in [1.807, 2.05) is 6.07 Å². The van der Waals surface area contributed by atoms with Crippen LogP contribution < -0.4 is 15.6 Å². The molecule has 13 heteroatoms. The van der Waals surface area contributed by atoms with Crippen molar-refractivity contribution in [1.82, 2.24) is 19.7 Å². The molecule has 1 amide bonds. The third-order valence-electron chi connectivity index (χ3n) is 9.13. The molecule has 246 valence electrons. The number of aromatic nitrogens is 3. The summed E-state index contributed by atoms with van der Waals surface area (Å²) < 4.78 is 43.1. The molecule has 0 saturated carbocycles. The van der Waals surface area contributed by atoms with Gasteiger partial charge < -0.3 is 14.8 Å². The average Bonchev–Trinajstić information content (AvgIpc) is 3.44. The number of hydrogen-bond acceptors (Lipinski definition) is 8. The molecule has 10 nitrogen and oxygen atoms in total. The number of rotatable bonds is 8. The zero-order valence-corrected chi connectivity index (χ0v) is 27.1. The number of fused-ring (bicyclic) bond motifs is 1. The molecule has 2 aromatic heterocycles. The molecule has 0 spiro atoms. The van der Waals surface area contributed by atoms with E-state index >= 15 is 8.78 Å². The molecule has 2 aliphatic carbocycles. The molecule has 0 radical (unpaired) electrons. The number of ether oxygens (including phenoxy) is 2. The number of nitrogens with one attached hydrogen (secondary N) is 1. The molecule has 3 atom stereocenters. The lowest BCUT2D eigenvalue weighted by Crippen LogP contribution is -2.51. The Morgan fingerprint density at radius 3 is 2.68 bits per heavy atom. The summed E-state index contributed by atoms with van der Waals surface area (Å²) in [6, 6.07) is 5.75. The van der Waals surface area contributed by atoms with Crippen molar-refractivity contribution < 1.29 is 27.8 Å². The standard InChI is InChI=1S/C34H34ClF2N5O5/c1-5-47-34(45)19-15-42(16-19)26-11-6-18-14-25(40-32(46-4)28(18)26)20-7-8-23(37)29(30(20)35)27-17(2)24(10-9-22(27)36)39-31(43)21-12-13-38-41(3)33(21)44/h7-10,12-14,19-20,26,30H,5-6,11,15-16H2,1-4H3,(H,39,43)/t20?,26-,30?/m0/s1. The fourth-order valence-electron chi connectivity index (χ4n) is 6.68.